The molecule has 4 N–H and O–H groups in total. The van der Waals surface area contributed by atoms with Gasteiger partial charge in [0.15, 0.2) is 0 Å². The minimum atomic E-state index is -0.792. The van der Waals surface area contributed by atoms with Crippen molar-refractivity contribution in [3.8, 4) is 22.8 Å². The average Bonchev–Trinajstić information content (AvgIpc) is 3.36. The molecule has 0 bridgehead atoms. The maximum absolute atomic E-state index is 13.6. The highest BCUT2D eigenvalue weighted by Gasteiger charge is 2.28. The Hall–Kier alpha value is -3.68. The molecule has 2 heterocycles. The first kappa shape index (κ1) is 17.4. The Morgan fingerprint density at radius 3 is 2.93 bits per heavy atom. The summed E-state index contributed by atoms with van der Waals surface area (Å²) in [6, 6.07) is 9.86. The lowest BCUT2D eigenvalue weighted by atomic mass is 10.0. The van der Waals surface area contributed by atoms with Crippen LogP contribution >= 0.6 is 0 Å². The van der Waals surface area contributed by atoms with Crippen molar-refractivity contribution >= 4 is 22.6 Å². The summed E-state index contributed by atoms with van der Waals surface area (Å²) < 4.78 is 18.9. The largest absolute Gasteiger partial charge is 0.481 e. The quantitative estimate of drug-likeness (QED) is 0.450. The van der Waals surface area contributed by atoms with Gasteiger partial charge in [-0.2, -0.15) is 4.98 Å². The maximum atomic E-state index is 13.6. The first-order chi connectivity index (χ1) is 14.0. The molecule has 0 spiro atoms. The highest BCUT2D eigenvalue weighted by molar-refractivity contribution is 5.89. The number of benzene rings is 2. The van der Waals surface area contributed by atoms with E-state index in [4.69, 9.17) is 15.4 Å². The van der Waals surface area contributed by atoms with Gasteiger partial charge in [0.1, 0.15) is 5.82 Å². The van der Waals surface area contributed by atoms with Gasteiger partial charge in [-0.3, -0.25) is 4.79 Å². The Bertz CT molecular complexity index is 1240. The SMILES string of the molecule is Nc1cc(F)cc(-c2nc(-c3ccc4[nH]c5c(c4c3)CCC5CC(=O)O)no2)c1. The molecule has 2 aromatic carbocycles. The predicted molar refractivity (Wildman–Crippen MR) is 105 cm³/mol. The van der Waals surface area contributed by atoms with E-state index < -0.39 is 11.8 Å². The smallest absolute Gasteiger partial charge is 0.304 e. The molecule has 146 valence electrons. The van der Waals surface area contributed by atoms with Gasteiger partial charge < -0.3 is 20.3 Å². The van der Waals surface area contributed by atoms with Crippen molar-refractivity contribution in [2.45, 2.75) is 25.2 Å². The van der Waals surface area contributed by atoms with E-state index in [1.165, 1.54) is 12.1 Å². The van der Waals surface area contributed by atoms with Crippen molar-refractivity contribution in [3.05, 3.63) is 53.5 Å². The highest BCUT2D eigenvalue weighted by Crippen LogP contribution is 2.40. The summed E-state index contributed by atoms with van der Waals surface area (Å²) >= 11 is 0. The third kappa shape index (κ3) is 3.02. The Morgan fingerprint density at radius 1 is 1.28 bits per heavy atom. The fraction of sp³-hybridized carbons (Fsp3) is 0.190. The number of aromatic nitrogens is 3. The van der Waals surface area contributed by atoms with Crippen LogP contribution in [0.4, 0.5) is 10.1 Å². The molecule has 1 aliphatic carbocycles. The van der Waals surface area contributed by atoms with Crippen molar-refractivity contribution < 1.29 is 18.8 Å². The first-order valence-corrected chi connectivity index (χ1v) is 9.25. The maximum Gasteiger partial charge on any atom is 0.304 e. The molecule has 1 atom stereocenters. The summed E-state index contributed by atoms with van der Waals surface area (Å²) in [5, 5.41) is 14.2. The average molecular weight is 392 g/mol. The molecule has 5 rings (SSSR count). The zero-order valence-electron chi connectivity index (χ0n) is 15.3. The zero-order valence-corrected chi connectivity index (χ0v) is 15.3. The number of aliphatic carboxylic acids is 1. The normalized spacial score (nSPS) is 15.7. The molecule has 8 heteroatoms. The number of anilines is 1. The molecule has 1 aliphatic rings. The molecule has 2 aromatic heterocycles. The Balaban J connectivity index is 1.52. The van der Waals surface area contributed by atoms with Crippen molar-refractivity contribution in [3.63, 3.8) is 0 Å². The predicted octanol–water partition coefficient (Wildman–Crippen LogP) is 4.11. The number of nitrogens with zero attached hydrogens (tertiary/aromatic N) is 2. The van der Waals surface area contributed by atoms with Gasteiger partial charge >= 0.3 is 5.97 Å². The van der Waals surface area contributed by atoms with E-state index in [1.54, 1.807) is 6.07 Å². The standard InChI is InChI=1S/C21H17FN4O3/c22-13-5-12(6-14(23)9-13)21-25-20(26-29-21)11-2-4-17-16(7-11)15-3-1-10(8-18(27)28)19(15)24-17/h2,4-7,9-10,24H,1,3,8,23H2,(H,27,28). The van der Waals surface area contributed by atoms with Gasteiger partial charge in [0.05, 0.1) is 6.42 Å². The summed E-state index contributed by atoms with van der Waals surface area (Å²) in [5.74, 6) is -0.681. The molecule has 0 aliphatic heterocycles. The van der Waals surface area contributed by atoms with E-state index in [2.05, 4.69) is 15.1 Å². The van der Waals surface area contributed by atoms with Gasteiger partial charge in [-0.15, -0.1) is 0 Å². The number of aromatic amines is 1. The van der Waals surface area contributed by atoms with Crippen molar-refractivity contribution in [1.82, 2.24) is 15.1 Å². The number of nitrogen functional groups attached to an aromatic ring is 1. The number of aryl methyl sites for hydroxylation is 1. The van der Waals surface area contributed by atoms with Gasteiger partial charge in [-0.05, 0) is 54.8 Å². The van der Waals surface area contributed by atoms with Crippen LogP contribution in [0.3, 0.4) is 0 Å². The third-order valence-electron chi connectivity index (χ3n) is 5.36. The van der Waals surface area contributed by atoms with Crippen LogP contribution in [-0.4, -0.2) is 26.2 Å². The molecular weight excluding hydrogens is 375 g/mol. The molecule has 0 amide bonds. The number of carboxylic acids is 1. The van der Waals surface area contributed by atoms with Gasteiger partial charge in [0, 0.05) is 39.3 Å². The molecular formula is C21H17FN4O3. The number of hydrogen-bond acceptors (Lipinski definition) is 5. The van der Waals surface area contributed by atoms with Crippen LogP contribution in [0.15, 0.2) is 40.9 Å². The summed E-state index contributed by atoms with van der Waals surface area (Å²) in [7, 11) is 0. The molecule has 1 unspecified atom stereocenters. The van der Waals surface area contributed by atoms with Gasteiger partial charge in [-0.25, -0.2) is 4.39 Å². The van der Waals surface area contributed by atoms with Crippen molar-refractivity contribution in [2.24, 2.45) is 0 Å². The summed E-state index contributed by atoms with van der Waals surface area (Å²) in [4.78, 5) is 18.9. The van der Waals surface area contributed by atoms with Gasteiger partial charge in [-0.1, -0.05) is 5.16 Å². The molecule has 0 saturated carbocycles. The molecule has 0 fully saturated rings. The summed E-state index contributed by atoms with van der Waals surface area (Å²) in [6.45, 7) is 0. The molecule has 4 aromatic rings. The number of rotatable bonds is 4. The Labute approximate surface area is 164 Å². The second-order valence-corrected chi connectivity index (χ2v) is 7.31. The van der Waals surface area contributed by atoms with Crippen LogP contribution in [-0.2, 0) is 11.2 Å². The second-order valence-electron chi connectivity index (χ2n) is 7.31. The van der Waals surface area contributed by atoms with Crippen LogP contribution in [0.5, 0.6) is 0 Å². The first-order valence-electron chi connectivity index (χ1n) is 9.25. The molecule has 0 radical (unpaired) electrons. The van der Waals surface area contributed by atoms with Crippen molar-refractivity contribution in [2.75, 3.05) is 5.73 Å². The topological polar surface area (TPSA) is 118 Å². The monoisotopic (exact) mass is 392 g/mol. The summed E-state index contributed by atoms with van der Waals surface area (Å²) in [5.41, 5.74) is 10.3. The second kappa shape index (κ2) is 6.44. The van der Waals surface area contributed by atoms with Gasteiger partial charge in [0.2, 0.25) is 5.82 Å². The Kier molecular flexibility index (Phi) is 3.87. The number of nitrogens with two attached hydrogens (primary N) is 1. The van der Waals surface area contributed by atoms with Crippen LogP contribution in [0, 0.1) is 5.82 Å². The van der Waals surface area contributed by atoms with Crippen LogP contribution < -0.4 is 5.73 Å². The van der Waals surface area contributed by atoms with Crippen LogP contribution in [0.2, 0.25) is 0 Å². The number of halogens is 1. The van der Waals surface area contributed by atoms with E-state index in [0.29, 0.717) is 11.4 Å². The number of carbonyl (C=O) groups is 1. The minimum Gasteiger partial charge on any atom is -0.481 e. The number of nitrogens with one attached hydrogen (secondary N) is 1. The fourth-order valence-corrected chi connectivity index (χ4v) is 4.10. The third-order valence-corrected chi connectivity index (χ3v) is 5.36. The van der Waals surface area contributed by atoms with Crippen LogP contribution in [0.25, 0.3) is 33.7 Å². The van der Waals surface area contributed by atoms with E-state index in [-0.39, 0.29) is 23.9 Å². The van der Waals surface area contributed by atoms with Crippen molar-refractivity contribution in [1.29, 1.82) is 0 Å². The lowest BCUT2D eigenvalue weighted by Crippen LogP contribution is -2.03. The van der Waals surface area contributed by atoms with Gasteiger partial charge in [0.25, 0.3) is 5.89 Å². The number of fused-ring (bicyclic) bond motifs is 3. The van der Waals surface area contributed by atoms with Crippen LogP contribution in [0.1, 0.15) is 30.0 Å². The summed E-state index contributed by atoms with van der Waals surface area (Å²) in [6.07, 6.45) is 1.77. The number of H-pyrrole nitrogens is 1. The number of hydrogen-bond donors (Lipinski definition) is 3. The lowest BCUT2D eigenvalue weighted by Gasteiger charge is -2.05. The van der Waals surface area contributed by atoms with E-state index >= 15 is 0 Å². The molecule has 29 heavy (non-hydrogen) atoms. The molecule has 0 saturated heterocycles. The number of carboxylic acid groups (broad SMARTS) is 1. The molecule has 7 nitrogen and oxygen atoms in total. The van der Waals surface area contributed by atoms with E-state index in [0.717, 1.165) is 40.6 Å². The highest BCUT2D eigenvalue weighted by atomic mass is 19.1. The minimum absolute atomic E-state index is 0.00793. The fourth-order valence-electron chi connectivity index (χ4n) is 4.10. The van der Waals surface area contributed by atoms with E-state index in [1.807, 2.05) is 18.2 Å². The lowest BCUT2D eigenvalue weighted by molar-refractivity contribution is -0.137. The zero-order chi connectivity index (χ0) is 20.1. The van der Waals surface area contributed by atoms with E-state index in [9.17, 15) is 9.18 Å². The Morgan fingerprint density at radius 2 is 2.14 bits per heavy atom.